The lowest BCUT2D eigenvalue weighted by Gasteiger charge is -2.09. The number of ether oxygens (including phenoxy) is 1. The van der Waals surface area contributed by atoms with E-state index in [1.54, 1.807) is 0 Å². The third kappa shape index (κ3) is 4.82. The molecular formula is C18H17ClO2. The first-order valence-corrected chi connectivity index (χ1v) is 7.14. The molecule has 21 heavy (non-hydrogen) atoms. The molecule has 3 heteroatoms. The SMILES string of the molecule is Cc1ccc(OCc2ccc(Cl)cc2)c(C#CCCO)c1. The van der Waals surface area contributed by atoms with Gasteiger partial charge in [0.1, 0.15) is 12.4 Å². The molecule has 0 bridgehead atoms. The van der Waals surface area contributed by atoms with Crippen LogP contribution in [0.4, 0.5) is 0 Å². The zero-order valence-electron chi connectivity index (χ0n) is 11.9. The van der Waals surface area contributed by atoms with Crippen LogP contribution in [0, 0.1) is 18.8 Å². The van der Waals surface area contributed by atoms with Gasteiger partial charge in [0.15, 0.2) is 0 Å². The van der Waals surface area contributed by atoms with E-state index in [4.69, 9.17) is 21.4 Å². The van der Waals surface area contributed by atoms with Crippen LogP contribution in [0.15, 0.2) is 42.5 Å². The maximum Gasteiger partial charge on any atom is 0.135 e. The summed E-state index contributed by atoms with van der Waals surface area (Å²) in [6.45, 7) is 2.55. The van der Waals surface area contributed by atoms with Crippen molar-refractivity contribution in [2.24, 2.45) is 0 Å². The predicted octanol–water partition coefficient (Wildman–Crippen LogP) is 3.96. The fraction of sp³-hybridized carbons (Fsp3) is 0.222. The Morgan fingerprint density at radius 3 is 2.62 bits per heavy atom. The largest absolute Gasteiger partial charge is 0.488 e. The van der Waals surface area contributed by atoms with E-state index in [0.717, 1.165) is 22.4 Å². The summed E-state index contributed by atoms with van der Waals surface area (Å²) in [5.74, 6) is 6.72. The van der Waals surface area contributed by atoms with Gasteiger partial charge in [-0.25, -0.2) is 0 Å². The molecule has 0 fully saturated rings. The van der Waals surface area contributed by atoms with Gasteiger partial charge in [0, 0.05) is 11.4 Å². The number of halogens is 1. The first-order valence-electron chi connectivity index (χ1n) is 6.76. The van der Waals surface area contributed by atoms with Crippen LogP contribution in [0.2, 0.25) is 5.02 Å². The molecule has 0 aliphatic carbocycles. The van der Waals surface area contributed by atoms with Gasteiger partial charge in [-0.15, -0.1) is 0 Å². The molecule has 0 aliphatic heterocycles. The quantitative estimate of drug-likeness (QED) is 0.866. The second-order valence-corrected chi connectivity index (χ2v) is 5.13. The molecule has 0 unspecified atom stereocenters. The van der Waals surface area contributed by atoms with Gasteiger partial charge < -0.3 is 9.84 Å². The van der Waals surface area contributed by atoms with E-state index in [2.05, 4.69) is 11.8 Å². The van der Waals surface area contributed by atoms with E-state index in [0.29, 0.717) is 18.1 Å². The van der Waals surface area contributed by atoms with Crippen LogP contribution >= 0.6 is 11.6 Å². The van der Waals surface area contributed by atoms with Crippen molar-refractivity contribution in [1.29, 1.82) is 0 Å². The molecule has 108 valence electrons. The lowest BCUT2D eigenvalue weighted by molar-refractivity contribution is 0.304. The monoisotopic (exact) mass is 300 g/mol. The van der Waals surface area contributed by atoms with Crippen LogP contribution in [-0.4, -0.2) is 11.7 Å². The minimum atomic E-state index is 0.0692. The molecule has 0 radical (unpaired) electrons. The molecule has 0 saturated carbocycles. The maximum absolute atomic E-state index is 8.80. The van der Waals surface area contributed by atoms with Crippen LogP contribution in [0.1, 0.15) is 23.1 Å². The first kappa shape index (κ1) is 15.4. The number of aliphatic hydroxyl groups excluding tert-OH is 1. The van der Waals surface area contributed by atoms with E-state index >= 15 is 0 Å². The van der Waals surface area contributed by atoms with Crippen molar-refractivity contribution in [3.63, 3.8) is 0 Å². The molecule has 0 aromatic heterocycles. The number of benzene rings is 2. The Bertz CT molecular complexity index is 651. The summed E-state index contributed by atoms with van der Waals surface area (Å²) in [7, 11) is 0. The van der Waals surface area contributed by atoms with Crippen molar-refractivity contribution in [2.45, 2.75) is 20.0 Å². The third-order valence-corrected chi connectivity index (χ3v) is 3.15. The number of aliphatic hydroxyl groups is 1. The topological polar surface area (TPSA) is 29.5 Å². The second-order valence-electron chi connectivity index (χ2n) is 4.69. The van der Waals surface area contributed by atoms with Crippen molar-refractivity contribution in [3.8, 4) is 17.6 Å². The lowest BCUT2D eigenvalue weighted by atomic mass is 10.1. The van der Waals surface area contributed by atoms with Crippen molar-refractivity contribution < 1.29 is 9.84 Å². The van der Waals surface area contributed by atoms with E-state index in [1.165, 1.54) is 0 Å². The van der Waals surface area contributed by atoms with Crippen LogP contribution in [0.3, 0.4) is 0 Å². The Labute approximate surface area is 130 Å². The summed E-state index contributed by atoms with van der Waals surface area (Å²) < 4.78 is 5.84. The summed E-state index contributed by atoms with van der Waals surface area (Å²) in [5.41, 5.74) is 3.02. The van der Waals surface area contributed by atoms with Gasteiger partial charge >= 0.3 is 0 Å². The molecule has 2 aromatic carbocycles. The number of aryl methyl sites for hydroxylation is 1. The van der Waals surface area contributed by atoms with Gasteiger partial charge in [0.2, 0.25) is 0 Å². The van der Waals surface area contributed by atoms with Crippen LogP contribution < -0.4 is 4.74 Å². The summed E-state index contributed by atoms with van der Waals surface area (Å²) in [5, 5.41) is 9.51. The molecule has 0 spiro atoms. The average molecular weight is 301 g/mol. The zero-order valence-corrected chi connectivity index (χ0v) is 12.7. The van der Waals surface area contributed by atoms with E-state index in [9.17, 15) is 0 Å². The molecular weight excluding hydrogens is 284 g/mol. The van der Waals surface area contributed by atoms with Crippen molar-refractivity contribution in [1.82, 2.24) is 0 Å². The summed E-state index contributed by atoms with van der Waals surface area (Å²) in [6.07, 6.45) is 0.463. The highest BCUT2D eigenvalue weighted by Crippen LogP contribution is 2.21. The lowest BCUT2D eigenvalue weighted by Crippen LogP contribution is -1.97. The summed E-state index contributed by atoms with van der Waals surface area (Å²) in [4.78, 5) is 0. The minimum absolute atomic E-state index is 0.0692. The van der Waals surface area contributed by atoms with Gasteiger partial charge in [-0.1, -0.05) is 41.6 Å². The van der Waals surface area contributed by atoms with Gasteiger partial charge in [-0.2, -0.15) is 0 Å². The Kier molecular flexibility index (Phi) is 5.68. The van der Waals surface area contributed by atoms with E-state index < -0.39 is 0 Å². The molecule has 1 N–H and O–H groups in total. The van der Waals surface area contributed by atoms with Crippen LogP contribution in [-0.2, 0) is 6.61 Å². The Balaban J connectivity index is 2.12. The molecule has 2 nitrogen and oxygen atoms in total. The van der Waals surface area contributed by atoms with Crippen LogP contribution in [0.5, 0.6) is 5.75 Å². The van der Waals surface area contributed by atoms with E-state index in [-0.39, 0.29) is 6.61 Å². The standard InChI is InChI=1S/C18H17ClO2/c1-14-5-10-18(16(12-14)4-2-3-11-20)21-13-15-6-8-17(19)9-7-15/h5-10,12,20H,3,11,13H2,1H3. The third-order valence-electron chi connectivity index (χ3n) is 2.90. The summed E-state index contributed by atoms with van der Waals surface area (Å²) >= 11 is 5.86. The number of rotatable bonds is 4. The Hall–Kier alpha value is -1.95. The van der Waals surface area contributed by atoms with Gasteiger partial charge in [0.25, 0.3) is 0 Å². The van der Waals surface area contributed by atoms with Gasteiger partial charge in [-0.05, 0) is 42.3 Å². The molecule has 0 amide bonds. The molecule has 0 heterocycles. The molecule has 0 saturated heterocycles. The first-order chi connectivity index (χ1) is 10.2. The van der Waals surface area contributed by atoms with Crippen molar-refractivity contribution >= 4 is 11.6 Å². The zero-order chi connectivity index (χ0) is 15.1. The fourth-order valence-corrected chi connectivity index (χ4v) is 1.95. The molecule has 0 aliphatic rings. The predicted molar refractivity (Wildman–Crippen MR) is 85.5 cm³/mol. The average Bonchev–Trinajstić information content (AvgIpc) is 2.48. The highest BCUT2D eigenvalue weighted by Gasteiger charge is 2.02. The normalized spacial score (nSPS) is 9.86. The van der Waals surface area contributed by atoms with Crippen LogP contribution in [0.25, 0.3) is 0 Å². The fourth-order valence-electron chi connectivity index (χ4n) is 1.82. The van der Waals surface area contributed by atoms with Gasteiger partial charge in [-0.3, -0.25) is 0 Å². The minimum Gasteiger partial charge on any atom is -0.488 e. The molecule has 2 rings (SSSR count). The second kappa shape index (κ2) is 7.73. The van der Waals surface area contributed by atoms with Crippen molar-refractivity contribution in [3.05, 3.63) is 64.2 Å². The molecule has 2 aromatic rings. The maximum atomic E-state index is 8.80. The highest BCUT2D eigenvalue weighted by atomic mass is 35.5. The smallest absolute Gasteiger partial charge is 0.135 e. The summed E-state index contributed by atoms with van der Waals surface area (Å²) in [6, 6.07) is 13.5. The number of hydrogen-bond donors (Lipinski definition) is 1. The molecule has 0 atom stereocenters. The Morgan fingerprint density at radius 1 is 1.14 bits per heavy atom. The van der Waals surface area contributed by atoms with E-state index in [1.807, 2.05) is 49.4 Å². The Morgan fingerprint density at radius 2 is 1.90 bits per heavy atom. The van der Waals surface area contributed by atoms with Crippen molar-refractivity contribution in [2.75, 3.05) is 6.61 Å². The van der Waals surface area contributed by atoms with Gasteiger partial charge in [0.05, 0.1) is 12.2 Å². The number of hydrogen-bond acceptors (Lipinski definition) is 2. The highest BCUT2D eigenvalue weighted by molar-refractivity contribution is 6.30.